The van der Waals surface area contributed by atoms with Crippen molar-refractivity contribution in [3.63, 3.8) is 0 Å². The molecule has 0 saturated carbocycles. The van der Waals surface area contributed by atoms with Crippen LogP contribution in [0.25, 0.3) is 0 Å². The summed E-state index contributed by atoms with van der Waals surface area (Å²) in [7, 11) is 0. The summed E-state index contributed by atoms with van der Waals surface area (Å²) in [4.78, 5) is 13.8. The number of hydrogen-bond acceptors (Lipinski definition) is 4. The van der Waals surface area contributed by atoms with Crippen molar-refractivity contribution in [2.75, 3.05) is 4.90 Å². The first-order valence-electron chi connectivity index (χ1n) is 7.64. The van der Waals surface area contributed by atoms with Crippen LogP contribution in [0.2, 0.25) is 0 Å². The molecule has 0 N–H and O–H groups in total. The van der Waals surface area contributed by atoms with Crippen LogP contribution in [0.3, 0.4) is 0 Å². The predicted molar refractivity (Wildman–Crippen MR) is 85.6 cm³/mol. The van der Waals surface area contributed by atoms with Gasteiger partial charge in [0.2, 0.25) is 0 Å². The average Bonchev–Trinajstić information content (AvgIpc) is 2.58. The van der Waals surface area contributed by atoms with E-state index in [-0.39, 0.29) is 17.9 Å². The van der Waals surface area contributed by atoms with Gasteiger partial charge in [0.25, 0.3) is 5.91 Å². The lowest BCUT2D eigenvalue weighted by atomic mass is 10.1. The number of para-hydroxylation sites is 1. The quantitative estimate of drug-likeness (QED) is 0.834. The standard InChI is InChI=1S/C18H13F3N2O3/c1-11-17(24)23(14-8-12(9-22)6-7-16(14)25-11)10-13-4-2-3-5-15(13)26-18(19,20)21/h2-8,11H,10H2,1H3. The largest absolute Gasteiger partial charge is 0.573 e. The summed E-state index contributed by atoms with van der Waals surface area (Å²) in [5.74, 6) is -0.426. The summed E-state index contributed by atoms with van der Waals surface area (Å²) < 4.78 is 47.4. The lowest BCUT2D eigenvalue weighted by Gasteiger charge is -2.33. The number of hydrogen-bond donors (Lipinski definition) is 0. The van der Waals surface area contributed by atoms with E-state index in [1.54, 1.807) is 25.1 Å². The number of alkyl halides is 3. The molecule has 26 heavy (non-hydrogen) atoms. The van der Waals surface area contributed by atoms with Gasteiger partial charge in [-0.05, 0) is 31.2 Å². The Morgan fingerprint density at radius 3 is 2.69 bits per heavy atom. The highest BCUT2D eigenvalue weighted by Crippen LogP contribution is 2.37. The fourth-order valence-electron chi connectivity index (χ4n) is 2.67. The van der Waals surface area contributed by atoms with Gasteiger partial charge in [0, 0.05) is 5.56 Å². The number of ether oxygens (including phenoxy) is 2. The van der Waals surface area contributed by atoms with Crippen LogP contribution in [0.1, 0.15) is 18.1 Å². The third-order valence-corrected chi connectivity index (χ3v) is 3.82. The number of nitriles is 1. The Morgan fingerprint density at radius 1 is 1.27 bits per heavy atom. The van der Waals surface area contributed by atoms with Gasteiger partial charge in [-0.2, -0.15) is 5.26 Å². The summed E-state index contributed by atoms with van der Waals surface area (Å²) in [6, 6.07) is 12.1. The monoisotopic (exact) mass is 362 g/mol. The van der Waals surface area contributed by atoms with Crippen LogP contribution in [0.5, 0.6) is 11.5 Å². The molecule has 134 valence electrons. The minimum Gasteiger partial charge on any atom is -0.479 e. The molecule has 1 atom stereocenters. The van der Waals surface area contributed by atoms with Crippen LogP contribution in [-0.4, -0.2) is 18.4 Å². The SMILES string of the molecule is CC1Oc2ccc(C#N)cc2N(Cc2ccccc2OC(F)(F)F)C1=O. The minimum absolute atomic E-state index is 0.152. The molecule has 0 bridgehead atoms. The summed E-state index contributed by atoms with van der Waals surface area (Å²) >= 11 is 0. The molecule has 5 nitrogen and oxygen atoms in total. The molecule has 1 aliphatic heterocycles. The number of benzene rings is 2. The zero-order valence-corrected chi connectivity index (χ0v) is 13.6. The zero-order chi connectivity index (χ0) is 18.9. The Kier molecular flexibility index (Phi) is 4.47. The van der Waals surface area contributed by atoms with Crippen molar-refractivity contribution in [3.05, 3.63) is 53.6 Å². The lowest BCUT2D eigenvalue weighted by molar-refractivity contribution is -0.274. The maximum absolute atomic E-state index is 12.6. The Morgan fingerprint density at radius 2 is 2.00 bits per heavy atom. The van der Waals surface area contributed by atoms with Crippen LogP contribution in [-0.2, 0) is 11.3 Å². The first-order chi connectivity index (χ1) is 12.3. The zero-order valence-electron chi connectivity index (χ0n) is 13.6. The summed E-state index contributed by atoms with van der Waals surface area (Å²) in [6.07, 6.45) is -5.64. The predicted octanol–water partition coefficient (Wildman–Crippen LogP) is 3.77. The molecule has 1 amide bonds. The van der Waals surface area contributed by atoms with Crippen molar-refractivity contribution in [3.8, 4) is 17.6 Å². The first-order valence-corrected chi connectivity index (χ1v) is 7.64. The average molecular weight is 362 g/mol. The Labute approximate surface area is 147 Å². The normalized spacial score (nSPS) is 16.5. The lowest BCUT2D eigenvalue weighted by Crippen LogP contribution is -2.44. The molecule has 1 unspecified atom stereocenters. The topological polar surface area (TPSA) is 62.6 Å². The number of rotatable bonds is 3. The van der Waals surface area contributed by atoms with Crippen LogP contribution in [0.4, 0.5) is 18.9 Å². The van der Waals surface area contributed by atoms with Crippen molar-refractivity contribution >= 4 is 11.6 Å². The minimum atomic E-state index is -4.84. The number of carbonyl (C=O) groups excluding carboxylic acids is 1. The molecule has 0 aromatic heterocycles. The molecule has 0 radical (unpaired) electrons. The number of amides is 1. The van der Waals surface area contributed by atoms with E-state index in [1.807, 2.05) is 6.07 Å². The number of nitrogens with zero attached hydrogens (tertiary/aromatic N) is 2. The Bertz CT molecular complexity index is 890. The highest BCUT2D eigenvalue weighted by Gasteiger charge is 2.35. The van der Waals surface area contributed by atoms with Crippen LogP contribution >= 0.6 is 0 Å². The number of halogens is 3. The fraction of sp³-hybridized carbons (Fsp3) is 0.222. The number of carbonyl (C=O) groups is 1. The van der Waals surface area contributed by atoms with E-state index in [2.05, 4.69) is 4.74 Å². The van der Waals surface area contributed by atoms with Crippen molar-refractivity contribution < 1.29 is 27.4 Å². The number of anilines is 1. The summed E-state index contributed by atoms with van der Waals surface area (Å²) in [5.41, 5.74) is 0.814. The molecule has 3 rings (SSSR count). The first kappa shape index (κ1) is 17.6. The van der Waals surface area contributed by atoms with E-state index in [9.17, 15) is 18.0 Å². The van der Waals surface area contributed by atoms with Crippen LogP contribution < -0.4 is 14.4 Å². The molecule has 0 aliphatic carbocycles. The van der Waals surface area contributed by atoms with E-state index in [4.69, 9.17) is 10.00 Å². The third kappa shape index (κ3) is 3.57. The van der Waals surface area contributed by atoms with Gasteiger partial charge in [-0.15, -0.1) is 13.2 Å². The van der Waals surface area contributed by atoms with Gasteiger partial charge < -0.3 is 14.4 Å². The second kappa shape index (κ2) is 6.59. The van der Waals surface area contributed by atoms with Gasteiger partial charge in [0.15, 0.2) is 6.10 Å². The van der Waals surface area contributed by atoms with E-state index >= 15 is 0 Å². The van der Waals surface area contributed by atoms with Crippen LogP contribution in [0, 0.1) is 11.3 Å². The molecule has 1 heterocycles. The van der Waals surface area contributed by atoms with Crippen LogP contribution in [0.15, 0.2) is 42.5 Å². The smallest absolute Gasteiger partial charge is 0.479 e. The van der Waals surface area contributed by atoms with Crippen molar-refractivity contribution in [2.24, 2.45) is 0 Å². The molecule has 2 aromatic carbocycles. The fourth-order valence-corrected chi connectivity index (χ4v) is 2.67. The molecular weight excluding hydrogens is 349 g/mol. The Hall–Kier alpha value is -3.21. The third-order valence-electron chi connectivity index (χ3n) is 3.82. The van der Waals surface area contributed by atoms with Gasteiger partial charge in [-0.25, -0.2) is 0 Å². The second-order valence-corrected chi connectivity index (χ2v) is 5.63. The Balaban J connectivity index is 2.00. The summed E-state index contributed by atoms with van der Waals surface area (Å²) in [6.45, 7) is 1.40. The maximum Gasteiger partial charge on any atom is 0.573 e. The number of fused-ring (bicyclic) bond motifs is 1. The summed E-state index contributed by atoms with van der Waals surface area (Å²) in [5, 5.41) is 9.07. The van der Waals surface area contributed by atoms with Crippen molar-refractivity contribution in [2.45, 2.75) is 25.9 Å². The van der Waals surface area contributed by atoms with E-state index < -0.39 is 18.4 Å². The molecule has 1 aliphatic rings. The highest BCUT2D eigenvalue weighted by molar-refractivity contribution is 6.00. The molecular formula is C18H13F3N2O3. The van der Waals surface area contributed by atoms with Crippen molar-refractivity contribution in [1.82, 2.24) is 0 Å². The highest BCUT2D eigenvalue weighted by atomic mass is 19.4. The van der Waals surface area contributed by atoms with Gasteiger partial charge >= 0.3 is 6.36 Å². The van der Waals surface area contributed by atoms with E-state index in [1.165, 1.54) is 29.2 Å². The second-order valence-electron chi connectivity index (χ2n) is 5.63. The van der Waals surface area contributed by atoms with E-state index in [0.717, 1.165) is 0 Å². The van der Waals surface area contributed by atoms with Gasteiger partial charge in [0.1, 0.15) is 11.5 Å². The van der Waals surface area contributed by atoms with Gasteiger partial charge in [-0.1, -0.05) is 18.2 Å². The van der Waals surface area contributed by atoms with E-state index in [0.29, 0.717) is 17.0 Å². The molecule has 0 spiro atoms. The molecule has 0 saturated heterocycles. The molecule has 8 heteroatoms. The van der Waals surface area contributed by atoms with Gasteiger partial charge in [0.05, 0.1) is 23.9 Å². The van der Waals surface area contributed by atoms with Crippen molar-refractivity contribution in [1.29, 1.82) is 5.26 Å². The maximum atomic E-state index is 12.6. The molecule has 0 fully saturated rings. The molecule has 2 aromatic rings. The van der Waals surface area contributed by atoms with Gasteiger partial charge in [-0.3, -0.25) is 4.79 Å².